The summed E-state index contributed by atoms with van der Waals surface area (Å²) in [6.45, 7) is 5.94. The van der Waals surface area contributed by atoms with Crippen LogP contribution in [-0.2, 0) is 12.8 Å². The van der Waals surface area contributed by atoms with Gasteiger partial charge in [0.1, 0.15) is 0 Å². The molecule has 0 spiro atoms. The Hall–Kier alpha value is -3.22. The summed E-state index contributed by atoms with van der Waals surface area (Å²) in [7, 11) is 0. The Bertz CT molecular complexity index is 1150. The Labute approximate surface area is 150 Å². The van der Waals surface area contributed by atoms with E-state index in [0.717, 1.165) is 34.6 Å². The second-order valence-corrected chi connectivity index (χ2v) is 6.23. The van der Waals surface area contributed by atoms with E-state index in [9.17, 15) is 4.79 Å². The van der Waals surface area contributed by atoms with Crippen LogP contribution in [0.3, 0.4) is 0 Å². The van der Waals surface area contributed by atoms with Crippen molar-refractivity contribution in [3.05, 3.63) is 64.1 Å². The lowest BCUT2D eigenvalue weighted by molar-refractivity contribution is 0.842. The Morgan fingerprint density at radius 3 is 2.85 bits per heavy atom. The number of hydrogen-bond donors (Lipinski definition) is 1. The molecule has 0 aromatic carbocycles. The molecule has 1 N–H and O–H groups in total. The zero-order valence-corrected chi connectivity index (χ0v) is 15.0. The lowest BCUT2D eigenvalue weighted by Gasteiger charge is -2.03. The molecule has 4 aromatic rings. The van der Waals surface area contributed by atoms with Crippen molar-refractivity contribution < 1.29 is 0 Å². The molecule has 0 amide bonds. The minimum Gasteiger partial charge on any atom is -0.296 e. The number of aryl methyl sites for hydroxylation is 2. The molecular weight excluding hydrogens is 328 g/mol. The van der Waals surface area contributed by atoms with Gasteiger partial charge in [-0.25, -0.2) is 19.2 Å². The first kappa shape index (κ1) is 16.3. The number of aromatic nitrogens is 6. The van der Waals surface area contributed by atoms with Gasteiger partial charge >= 0.3 is 0 Å². The van der Waals surface area contributed by atoms with Crippen molar-refractivity contribution in [2.45, 2.75) is 33.6 Å². The zero-order chi connectivity index (χ0) is 18.3. The molecule has 0 aliphatic rings. The number of nitrogens with one attached hydrogen (secondary N) is 1. The van der Waals surface area contributed by atoms with Gasteiger partial charge < -0.3 is 0 Å². The minimum absolute atomic E-state index is 0.0500. The molecule has 7 nitrogen and oxygen atoms in total. The predicted molar refractivity (Wildman–Crippen MR) is 99.7 cm³/mol. The van der Waals surface area contributed by atoms with Crippen LogP contribution in [0.25, 0.3) is 22.6 Å². The Balaban J connectivity index is 1.82. The maximum absolute atomic E-state index is 12.6. The monoisotopic (exact) mass is 348 g/mol. The van der Waals surface area contributed by atoms with Gasteiger partial charge in [0.2, 0.25) is 0 Å². The van der Waals surface area contributed by atoms with Crippen LogP contribution in [0.15, 0.2) is 41.7 Å². The molecule has 0 fully saturated rings. The van der Waals surface area contributed by atoms with Crippen molar-refractivity contribution in [3.8, 4) is 16.9 Å². The van der Waals surface area contributed by atoms with Crippen molar-refractivity contribution in [1.82, 2.24) is 29.4 Å². The number of hydrogen-bond acceptors (Lipinski definition) is 4. The second kappa shape index (κ2) is 6.25. The van der Waals surface area contributed by atoms with Crippen LogP contribution in [0, 0.1) is 6.92 Å². The molecule has 26 heavy (non-hydrogen) atoms. The summed E-state index contributed by atoms with van der Waals surface area (Å²) in [6.07, 6.45) is 8.85. The first-order valence-electron chi connectivity index (χ1n) is 8.72. The number of aromatic amines is 1. The molecule has 0 radical (unpaired) electrons. The Morgan fingerprint density at radius 2 is 2.08 bits per heavy atom. The highest BCUT2D eigenvalue weighted by Gasteiger charge is 2.15. The first-order chi connectivity index (χ1) is 12.6. The van der Waals surface area contributed by atoms with E-state index >= 15 is 0 Å². The highest BCUT2D eigenvalue weighted by atomic mass is 16.1. The molecule has 0 saturated carbocycles. The van der Waals surface area contributed by atoms with Crippen LogP contribution in [0.2, 0.25) is 0 Å². The van der Waals surface area contributed by atoms with Gasteiger partial charge in [0.15, 0.2) is 11.5 Å². The summed E-state index contributed by atoms with van der Waals surface area (Å²) in [4.78, 5) is 21.6. The van der Waals surface area contributed by atoms with E-state index in [-0.39, 0.29) is 5.56 Å². The fraction of sp³-hybridized carbons (Fsp3) is 0.263. The third kappa shape index (κ3) is 2.52. The van der Waals surface area contributed by atoms with E-state index in [0.29, 0.717) is 12.1 Å². The standard InChI is InChI=1S/C19H20N6O/c1-4-13-6-7-20-17(8-13)24-11-14(9-21-24)16-10-22-25-18(16)23-12(3)15(5-2)19(25)26/h6-11,22H,4-5H2,1-3H3. The predicted octanol–water partition coefficient (Wildman–Crippen LogP) is 2.70. The smallest absolute Gasteiger partial charge is 0.276 e. The van der Waals surface area contributed by atoms with Gasteiger partial charge in [-0.2, -0.15) is 5.10 Å². The topological polar surface area (TPSA) is 80.9 Å². The first-order valence-corrected chi connectivity index (χ1v) is 8.72. The summed E-state index contributed by atoms with van der Waals surface area (Å²) in [5.41, 5.74) is 4.98. The average Bonchev–Trinajstić information content (AvgIpc) is 3.29. The average molecular weight is 348 g/mol. The number of pyridine rings is 1. The molecule has 0 atom stereocenters. The van der Waals surface area contributed by atoms with Crippen molar-refractivity contribution in [3.63, 3.8) is 0 Å². The molecular formula is C19H20N6O. The van der Waals surface area contributed by atoms with Gasteiger partial charge in [0, 0.05) is 41.0 Å². The molecule has 4 rings (SSSR count). The van der Waals surface area contributed by atoms with Gasteiger partial charge in [0.25, 0.3) is 5.56 Å². The summed E-state index contributed by atoms with van der Waals surface area (Å²) in [5.74, 6) is 0.769. The van der Waals surface area contributed by atoms with Crippen LogP contribution >= 0.6 is 0 Å². The molecule has 4 heterocycles. The van der Waals surface area contributed by atoms with Gasteiger partial charge in [-0.05, 0) is 37.5 Å². The molecule has 0 aliphatic carbocycles. The normalized spacial score (nSPS) is 11.3. The highest BCUT2D eigenvalue weighted by molar-refractivity contribution is 5.76. The number of nitrogens with zero attached hydrogens (tertiary/aromatic N) is 5. The number of rotatable bonds is 4. The van der Waals surface area contributed by atoms with Crippen LogP contribution in [-0.4, -0.2) is 29.4 Å². The molecule has 132 valence electrons. The van der Waals surface area contributed by atoms with Gasteiger partial charge in [-0.3, -0.25) is 9.89 Å². The molecule has 0 unspecified atom stereocenters. The summed E-state index contributed by atoms with van der Waals surface area (Å²) < 4.78 is 3.23. The summed E-state index contributed by atoms with van der Waals surface area (Å²) in [6, 6.07) is 4.02. The molecule has 7 heteroatoms. The van der Waals surface area contributed by atoms with E-state index in [1.807, 2.05) is 32.2 Å². The fourth-order valence-electron chi connectivity index (χ4n) is 3.17. The van der Waals surface area contributed by atoms with Gasteiger partial charge in [-0.1, -0.05) is 13.8 Å². The summed E-state index contributed by atoms with van der Waals surface area (Å²) in [5, 5.41) is 7.44. The van der Waals surface area contributed by atoms with E-state index in [1.54, 1.807) is 23.3 Å². The third-order valence-corrected chi connectivity index (χ3v) is 4.66. The lowest BCUT2D eigenvalue weighted by Crippen LogP contribution is -2.21. The third-order valence-electron chi connectivity index (χ3n) is 4.66. The van der Waals surface area contributed by atoms with Crippen molar-refractivity contribution in [2.24, 2.45) is 0 Å². The quantitative estimate of drug-likeness (QED) is 0.615. The minimum atomic E-state index is -0.0500. The molecule has 0 bridgehead atoms. The second-order valence-electron chi connectivity index (χ2n) is 6.23. The van der Waals surface area contributed by atoms with Crippen LogP contribution in [0.1, 0.15) is 30.7 Å². The van der Waals surface area contributed by atoms with Crippen LogP contribution in [0.4, 0.5) is 0 Å². The highest BCUT2D eigenvalue weighted by Crippen LogP contribution is 2.23. The fourth-order valence-corrected chi connectivity index (χ4v) is 3.17. The lowest BCUT2D eigenvalue weighted by atomic mass is 10.1. The molecule has 4 aromatic heterocycles. The number of fused-ring (bicyclic) bond motifs is 1. The number of H-pyrrole nitrogens is 1. The van der Waals surface area contributed by atoms with Crippen LogP contribution in [0.5, 0.6) is 0 Å². The van der Waals surface area contributed by atoms with E-state index in [4.69, 9.17) is 0 Å². The summed E-state index contributed by atoms with van der Waals surface area (Å²) >= 11 is 0. The molecule has 0 aliphatic heterocycles. The van der Waals surface area contributed by atoms with Crippen molar-refractivity contribution in [1.29, 1.82) is 0 Å². The maximum Gasteiger partial charge on any atom is 0.276 e. The Kier molecular flexibility index (Phi) is 3.91. The van der Waals surface area contributed by atoms with Crippen molar-refractivity contribution >= 4 is 5.65 Å². The van der Waals surface area contributed by atoms with Crippen molar-refractivity contribution in [2.75, 3.05) is 0 Å². The van der Waals surface area contributed by atoms with E-state index in [2.05, 4.69) is 27.1 Å². The zero-order valence-electron chi connectivity index (χ0n) is 15.0. The molecule has 0 saturated heterocycles. The SMILES string of the molecule is CCc1ccnc(-n2cc(-c3c[nH]n4c(=O)c(CC)c(C)nc34)cn2)c1. The van der Waals surface area contributed by atoms with E-state index in [1.165, 1.54) is 10.1 Å². The van der Waals surface area contributed by atoms with E-state index < -0.39 is 0 Å². The van der Waals surface area contributed by atoms with Crippen LogP contribution < -0.4 is 5.56 Å². The largest absolute Gasteiger partial charge is 0.296 e. The van der Waals surface area contributed by atoms with Gasteiger partial charge in [0.05, 0.1) is 6.20 Å². The maximum atomic E-state index is 12.6. The van der Waals surface area contributed by atoms with Gasteiger partial charge in [-0.15, -0.1) is 0 Å². The Morgan fingerprint density at radius 1 is 1.23 bits per heavy atom.